The van der Waals surface area contributed by atoms with Gasteiger partial charge in [-0.2, -0.15) is 0 Å². The van der Waals surface area contributed by atoms with E-state index in [1.807, 2.05) is 6.08 Å². The largest absolute Gasteiger partial charge is 0.468 e. The van der Waals surface area contributed by atoms with E-state index in [2.05, 4.69) is 4.90 Å². The summed E-state index contributed by atoms with van der Waals surface area (Å²) in [4.78, 5) is 26.8. The molecule has 0 aromatic heterocycles. The van der Waals surface area contributed by atoms with Gasteiger partial charge in [-0.1, -0.05) is 6.08 Å². The van der Waals surface area contributed by atoms with E-state index >= 15 is 0 Å². The number of ketones is 1. The number of methoxy groups -OCH3 is 1. The highest BCUT2D eigenvalue weighted by molar-refractivity contribution is 6.00. The first kappa shape index (κ1) is 11.9. The van der Waals surface area contributed by atoms with Crippen LogP contribution in [-0.2, 0) is 14.3 Å². The van der Waals surface area contributed by atoms with Crippen molar-refractivity contribution in [3.8, 4) is 0 Å². The summed E-state index contributed by atoms with van der Waals surface area (Å²) in [6, 6.07) is 0. The zero-order chi connectivity index (χ0) is 12.8. The number of rotatable bonds is 1. The van der Waals surface area contributed by atoms with Crippen LogP contribution in [0.15, 0.2) is 12.2 Å². The molecule has 18 heavy (non-hydrogen) atoms. The number of carbonyl (C=O) groups is 2. The number of piperidine rings is 2. The number of hydrogen-bond acceptors (Lipinski definition) is 4. The predicted octanol–water partition coefficient (Wildman–Crippen LogP) is 1.16. The van der Waals surface area contributed by atoms with E-state index in [-0.39, 0.29) is 23.6 Å². The molecule has 3 rings (SSSR count). The first-order chi connectivity index (χ1) is 8.71. The number of carbonyl (C=O) groups excluding carboxylic acids is 2. The van der Waals surface area contributed by atoms with Gasteiger partial charge in [0.2, 0.25) is 0 Å². The van der Waals surface area contributed by atoms with Gasteiger partial charge in [-0.15, -0.1) is 0 Å². The molecule has 2 aliphatic heterocycles. The Bertz CT molecular complexity index is 415. The summed E-state index contributed by atoms with van der Waals surface area (Å²) in [6.07, 6.45) is 7.50. The standard InChI is InChI=1S/C14H19NO3/c1-18-13(17)14-10-4-2-8-15(14)9-3-5-11(14)12(16)7-6-10/h6-7,10-11H,2-5,8-9H2,1H3/t10-,11-,14+/m0/s1. The van der Waals surface area contributed by atoms with E-state index in [9.17, 15) is 9.59 Å². The fourth-order valence-electron chi connectivity index (χ4n) is 4.14. The molecule has 0 bridgehead atoms. The number of allylic oxidation sites excluding steroid dienone is 1. The molecule has 0 radical (unpaired) electrons. The van der Waals surface area contributed by atoms with Gasteiger partial charge in [0, 0.05) is 5.92 Å². The zero-order valence-electron chi connectivity index (χ0n) is 10.7. The molecule has 1 aliphatic carbocycles. The van der Waals surface area contributed by atoms with Crippen molar-refractivity contribution in [2.75, 3.05) is 20.2 Å². The number of hydrogen-bond donors (Lipinski definition) is 0. The molecule has 0 aromatic carbocycles. The highest BCUT2D eigenvalue weighted by Gasteiger charge is 2.61. The van der Waals surface area contributed by atoms with Gasteiger partial charge >= 0.3 is 5.97 Å². The maximum Gasteiger partial charge on any atom is 0.327 e. The summed E-state index contributed by atoms with van der Waals surface area (Å²) in [5.74, 6) is -0.173. The van der Waals surface area contributed by atoms with Crippen LogP contribution < -0.4 is 0 Å². The van der Waals surface area contributed by atoms with E-state index in [1.54, 1.807) is 6.08 Å². The summed E-state index contributed by atoms with van der Waals surface area (Å²) in [5, 5.41) is 0. The molecule has 4 heteroatoms. The SMILES string of the molecule is COC(=O)[C@@]12[C@@H]3C=CC(=O)[C@@H]1CCCN2CCC3. The van der Waals surface area contributed by atoms with Crippen molar-refractivity contribution in [1.82, 2.24) is 4.90 Å². The maximum absolute atomic E-state index is 12.4. The molecule has 2 heterocycles. The van der Waals surface area contributed by atoms with Crippen molar-refractivity contribution in [1.29, 1.82) is 0 Å². The molecule has 0 amide bonds. The maximum atomic E-state index is 12.4. The lowest BCUT2D eigenvalue weighted by molar-refractivity contribution is -0.175. The second-order valence-electron chi connectivity index (χ2n) is 5.51. The van der Waals surface area contributed by atoms with Crippen molar-refractivity contribution >= 4 is 11.8 Å². The van der Waals surface area contributed by atoms with E-state index < -0.39 is 5.54 Å². The van der Waals surface area contributed by atoms with Gasteiger partial charge in [0.05, 0.1) is 13.0 Å². The quantitative estimate of drug-likeness (QED) is 0.654. The summed E-state index contributed by atoms with van der Waals surface area (Å²) in [6.45, 7) is 1.81. The van der Waals surface area contributed by atoms with Crippen LogP contribution in [0.4, 0.5) is 0 Å². The van der Waals surface area contributed by atoms with Crippen LogP contribution in [0.3, 0.4) is 0 Å². The molecule has 2 fully saturated rings. The first-order valence-corrected chi connectivity index (χ1v) is 6.76. The highest BCUT2D eigenvalue weighted by atomic mass is 16.5. The lowest BCUT2D eigenvalue weighted by atomic mass is 9.61. The molecular weight excluding hydrogens is 230 g/mol. The monoisotopic (exact) mass is 249 g/mol. The average Bonchev–Trinajstić information content (AvgIpc) is 2.41. The molecule has 98 valence electrons. The Morgan fingerprint density at radius 2 is 2.11 bits per heavy atom. The van der Waals surface area contributed by atoms with Crippen LogP contribution in [0.25, 0.3) is 0 Å². The second kappa shape index (κ2) is 4.19. The minimum absolute atomic E-state index is 0.100. The van der Waals surface area contributed by atoms with Gasteiger partial charge in [0.15, 0.2) is 5.78 Å². The average molecular weight is 249 g/mol. The van der Waals surface area contributed by atoms with Crippen molar-refractivity contribution in [2.45, 2.75) is 31.2 Å². The molecule has 0 spiro atoms. The van der Waals surface area contributed by atoms with E-state index in [0.29, 0.717) is 0 Å². The van der Waals surface area contributed by atoms with Crippen molar-refractivity contribution in [2.24, 2.45) is 11.8 Å². The van der Waals surface area contributed by atoms with Crippen molar-refractivity contribution in [3.05, 3.63) is 12.2 Å². The molecule has 0 unspecified atom stereocenters. The molecule has 0 saturated carbocycles. The minimum Gasteiger partial charge on any atom is -0.468 e. The van der Waals surface area contributed by atoms with Crippen LogP contribution in [0, 0.1) is 11.8 Å². The second-order valence-corrected chi connectivity index (χ2v) is 5.51. The summed E-state index contributed by atoms with van der Waals surface area (Å²) < 4.78 is 5.07. The zero-order valence-corrected chi connectivity index (χ0v) is 10.7. The Morgan fingerprint density at radius 1 is 1.39 bits per heavy atom. The normalized spacial score (nSPS) is 39.3. The van der Waals surface area contributed by atoms with Gasteiger partial charge in [0.1, 0.15) is 5.54 Å². The van der Waals surface area contributed by atoms with Gasteiger partial charge in [-0.25, -0.2) is 0 Å². The van der Waals surface area contributed by atoms with E-state index in [0.717, 1.165) is 38.8 Å². The van der Waals surface area contributed by atoms with Crippen LogP contribution in [0.2, 0.25) is 0 Å². The Kier molecular flexibility index (Phi) is 2.77. The Morgan fingerprint density at radius 3 is 2.83 bits per heavy atom. The molecule has 3 atom stereocenters. The van der Waals surface area contributed by atoms with Crippen molar-refractivity contribution in [3.63, 3.8) is 0 Å². The highest BCUT2D eigenvalue weighted by Crippen LogP contribution is 2.48. The minimum atomic E-state index is -0.697. The lowest BCUT2D eigenvalue weighted by Gasteiger charge is -2.56. The lowest BCUT2D eigenvalue weighted by Crippen LogP contribution is -2.70. The fraction of sp³-hybridized carbons (Fsp3) is 0.714. The fourth-order valence-corrected chi connectivity index (χ4v) is 4.14. The summed E-state index contributed by atoms with van der Waals surface area (Å²) in [5.41, 5.74) is -0.697. The van der Waals surface area contributed by atoms with Crippen LogP contribution >= 0.6 is 0 Å². The molecule has 2 saturated heterocycles. The third-order valence-corrected chi connectivity index (χ3v) is 4.83. The molecule has 0 aromatic rings. The first-order valence-electron chi connectivity index (χ1n) is 6.76. The van der Waals surface area contributed by atoms with Gasteiger partial charge in [-0.3, -0.25) is 14.5 Å². The van der Waals surface area contributed by atoms with E-state index in [4.69, 9.17) is 4.74 Å². The Hall–Kier alpha value is -1.16. The topological polar surface area (TPSA) is 46.6 Å². The molecule has 0 N–H and O–H groups in total. The smallest absolute Gasteiger partial charge is 0.327 e. The van der Waals surface area contributed by atoms with Gasteiger partial charge in [-0.05, 0) is 44.8 Å². The number of esters is 1. The Labute approximate surface area is 107 Å². The number of nitrogens with zero attached hydrogens (tertiary/aromatic N) is 1. The Balaban J connectivity index is 2.13. The molecule has 3 aliphatic rings. The molecular formula is C14H19NO3. The van der Waals surface area contributed by atoms with Gasteiger partial charge in [0.25, 0.3) is 0 Å². The van der Waals surface area contributed by atoms with Crippen molar-refractivity contribution < 1.29 is 14.3 Å². The van der Waals surface area contributed by atoms with Crippen LogP contribution in [0.1, 0.15) is 25.7 Å². The number of ether oxygens (including phenoxy) is 1. The predicted molar refractivity (Wildman–Crippen MR) is 65.9 cm³/mol. The van der Waals surface area contributed by atoms with Crippen LogP contribution in [0.5, 0.6) is 0 Å². The van der Waals surface area contributed by atoms with Gasteiger partial charge < -0.3 is 4.74 Å². The summed E-state index contributed by atoms with van der Waals surface area (Å²) in [7, 11) is 1.43. The molecule has 4 nitrogen and oxygen atoms in total. The summed E-state index contributed by atoms with van der Waals surface area (Å²) >= 11 is 0. The van der Waals surface area contributed by atoms with Crippen LogP contribution in [-0.4, -0.2) is 42.4 Å². The third-order valence-electron chi connectivity index (χ3n) is 4.83. The third kappa shape index (κ3) is 1.35. The van der Waals surface area contributed by atoms with E-state index in [1.165, 1.54) is 7.11 Å².